The molecular weight excluding hydrogens is 274 g/mol. The van der Waals surface area contributed by atoms with E-state index in [0.717, 1.165) is 0 Å². The molecule has 0 aliphatic rings. The number of hydrogen-bond acceptors (Lipinski definition) is 6. The second kappa shape index (κ2) is 11.4. The molecule has 0 saturated carbocycles. The normalized spacial score (nSPS) is 10.8. The summed E-state index contributed by atoms with van der Waals surface area (Å²) in [6.45, 7) is 5.16. The van der Waals surface area contributed by atoms with Gasteiger partial charge in [-0.3, -0.25) is 4.79 Å². The van der Waals surface area contributed by atoms with Crippen LogP contribution in [0, 0.1) is 22.7 Å². The Hall–Kier alpha value is -2.38. The number of rotatable bonds is 10. The van der Waals surface area contributed by atoms with E-state index in [9.17, 15) is 9.59 Å². The zero-order valence-electron chi connectivity index (χ0n) is 12.1. The Morgan fingerprint density at radius 1 is 1.29 bits per heavy atom. The van der Waals surface area contributed by atoms with Gasteiger partial charge in [-0.05, 0) is 6.92 Å². The van der Waals surface area contributed by atoms with Crippen LogP contribution < -0.4 is 0 Å². The van der Waals surface area contributed by atoms with E-state index in [-0.39, 0.29) is 32.5 Å². The molecule has 0 fully saturated rings. The van der Waals surface area contributed by atoms with E-state index in [2.05, 4.69) is 6.58 Å². The maximum atomic E-state index is 11.9. The highest BCUT2D eigenvalue weighted by atomic mass is 16.6. The topological polar surface area (TPSA) is 103 Å². The van der Waals surface area contributed by atoms with Crippen LogP contribution in [0.1, 0.15) is 19.8 Å². The van der Waals surface area contributed by atoms with Crippen molar-refractivity contribution in [1.29, 1.82) is 10.5 Å². The summed E-state index contributed by atoms with van der Waals surface area (Å²) in [6, 6.07) is 3.84. The number of carbonyl (C=O) groups excluding carboxylic acids is 2. The van der Waals surface area contributed by atoms with E-state index in [4.69, 9.17) is 20.0 Å². The summed E-state index contributed by atoms with van der Waals surface area (Å²) in [5.41, 5.74) is 0. The summed E-state index contributed by atoms with van der Waals surface area (Å²) in [5, 5.41) is 17.1. The summed E-state index contributed by atoms with van der Waals surface area (Å²) >= 11 is 0. The molecule has 0 radical (unpaired) electrons. The molecule has 1 unspecified atom stereocenters. The van der Waals surface area contributed by atoms with Crippen LogP contribution >= 0.6 is 0 Å². The Morgan fingerprint density at radius 2 is 1.86 bits per heavy atom. The van der Waals surface area contributed by atoms with Gasteiger partial charge in [0.2, 0.25) is 0 Å². The van der Waals surface area contributed by atoms with Gasteiger partial charge in [-0.2, -0.15) is 10.5 Å². The summed E-state index contributed by atoms with van der Waals surface area (Å²) in [6.07, 6.45) is 1.02. The Bertz CT molecular complexity index is 418. The molecule has 1 amide bonds. The number of nitriles is 2. The van der Waals surface area contributed by atoms with Crippen molar-refractivity contribution in [3.05, 3.63) is 12.7 Å². The van der Waals surface area contributed by atoms with Gasteiger partial charge in [0.15, 0.2) is 12.7 Å². The lowest BCUT2D eigenvalue weighted by atomic mass is 10.3. The highest BCUT2D eigenvalue weighted by molar-refractivity contribution is 5.82. The predicted molar refractivity (Wildman–Crippen MR) is 73.6 cm³/mol. The van der Waals surface area contributed by atoms with Crippen LogP contribution in [-0.2, 0) is 19.1 Å². The first kappa shape index (κ1) is 18.6. The van der Waals surface area contributed by atoms with Crippen molar-refractivity contribution in [3.63, 3.8) is 0 Å². The van der Waals surface area contributed by atoms with Gasteiger partial charge >= 0.3 is 5.97 Å². The summed E-state index contributed by atoms with van der Waals surface area (Å²) in [5.74, 6) is -1.09. The van der Waals surface area contributed by atoms with Crippen molar-refractivity contribution in [2.24, 2.45) is 0 Å². The fraction of sp³-hybridized carbons (Fsp3) is 0.571. The van der Waals surface area contributed by atoms with Crippen LogP contribution in [0.4, 0.5) is 0 Å². The van der Waals surface area contributed by atoms with Crippen molar-refractivity contribution in [2.45, 2.75) is 25.9 Å². The third kappa shape index (κ3) is 8.40. The average molecular weight is 293 g/mol. The van der Waals surface area contributed by atoms with Crippen LogP contribution in [0.3, 0.4) is 0 Å². The van der Waals surface area contributed by atoms with Gasteiger partial charge in [0.25, 0.3) is 5.91 Å². The summed E-state index contributed by atoms with van der Waals surface area (Å²) in [4.78, 5) is 24.7. The van der Waals surface area contributed by atoms with Crippen LogP contribution in [0.25, 0.3) is 0 Å². The quantitative estimate of drug-likeness (QED) is 0.435. The smallest absolute Gasteiger partial charge is 0.335 e. The average Bonchev–Trinajstić information content (AvgIpc) is 2.49. The molecule has 21 heavy (non-hydrogen) atoms. The standard InChI is InChI=1S/C14H19N3O4/c1-3-10-20-12(2)14(19)21-11-13(18)17(8-4-6-15)9-5-7-16/h3,12H,1,4-5,8-11H2,2H3. The van der Waals surface area contributed by atoms with E-state index in [1.165, 1.54) is 17.9 Å². The van der Waals surface area contributed by atoms with E-state index < -0.39 is 24.6 Å². The fourth-order valence-electron chi connectivity index (χ4n) is 1.35. The van der Waals surface area contributed by atoms with E-state index in [1.54, 1.807) is 0 Å². The molecule has 7 nitrogen and oxygen atoms in total. The molecule has 0 rings (SSSR count). The largest absolute Gasteiger partial charge is 0.454 e. The zero-order valence-corrected chi connectivity index (χ0v) is 12.1. The van der Waals surface area contributed by atoms with Crippen LogP contribution in [0.15, 0.2) is 12.7 Å². The monoisotopic (exact) mass is 293 g/mol. The highest BCUT2D eigenvalue weighted by Crippen LogP contribution is 1.99. The second-order valence-corrected chi connectivity index (χ2v) is 4.07. The maximum absolute atomic E-state index is 11.9. The molecular formula is C14H19N3O4. The molecule has 7 heteroatoms. The van der Waals surface area contributed by atoms with Crippen molar-refractivity contribution >= 4 is 11.9 Å². The van der Waals surface area contributed by atoms with E-state index in [0.29, 0.717) is 0 Å². The van der Waals surface area contributed by atoms with Gasteiger partial charge < -0.3 is 14.4 Å². The Balaban J connectivity index is 4.28. The molecule has 0 aromatic carbocycles. The molecule has 0 aliphatic carbocycles. The Morgan fingerprint density at radius 3 is 2.33 bits per heavy atom. The number of ether oxygens (including phenoxy) is 2. The first-order valence-electron chi connectivity index (χ1n) is 6.47. The lowest BCUT2D eigenvalue weighted by Crippen LogP contribution is -2.37. The number of nitrogens with zero attached hydrogens (tertiary/aromatic N) is 3. The van der Waals surface area contributed by atoms with Gasteiger partial charge in [0.1, 0.15) is 0 Å². The van der Waals surface area contributed by atoms with Crippen molar-refractivity contribution in [3.8, 4) is 12.1 Å². The zero-order chi connectivity index (χ0) is 16.1. The third-order valence-corrected chi connectivity index (χ3v) is 2.47. The third-order valence-electron chi connectivity index (χ3n) is 2.47. The van der Waals surface area contributed by atoms with Crippen LogP contribution in [-0.4, -0.2) is 49.2 Å². The molecule has 0 aromatic heterocycles. The predicted octanol–water partition coefficient (Wildman–Crippen LogP) is 0.777. The minimum atomic E-state index is -0.789. The summed E-state index contributed by atoms with van der Waals surface area (Å²) < 4.78 is 9.92. The van der Waals surface area contributed by atoms with E-state index in [1.807, 2.05) is 12.1 Å². The number of amides is 1. The molecule has 1 atom stereocenters. The first-order chi connectivity index (χ1) is 10.1. The minimum Gasteiger partial charge on any atom is -0.454 e. The van der Waals surface area contributed by atoms with Gasteiger partial charge in [-0.1, -0.05) is 6.08 Å². The molecule has 0 aromatic rings. The van der Waals surface area contributed by atoms with Crippen LogP contribution in [0.5, 0.6) is 0 Å². The Kier molecular flexibility index (Phi) is 10.1. The second-order valence-electron chi connectivity index (χ2n) is 4.07. The van der Waals surface area contributed by atoms with Gasteiger partial charge in [-0.15, -0.1) is 6.58 Å². The number of carbonyl (C=O) groups is 2. The molecule has 0 bridgehead atoms. The number of esters is 1. The maximum Gasteiger partial charge on any atom is 0.335 e. The van der Waals surface area contributed by atoms with Gasteiger partial charge in [0.05, 0.1) is 31.6 Å². The molecule has 0 spiro atoms. The van der Waals surface area contributed by atoms with Crippen molar-refractivity contribution in [2.75, 3.05) is 26.3 Å². The van der Waals surface area contributed by atoms with E-state index >= 15 is 0 Å². The first-order valence-corrected chi connectivity index (χ1v) is 6.47. The molecule has 0 aliphatic heterocycles. The van der Waals surface area contributed by atoms with Crippen LogP contribution in [0.2, 0.25) is 0 Å². The molecule has 0 heterocycles. The van der Waals surface area contributed by atoms with Gasteiger partial charge in [-0.25, -0.2) is 4.79 Å². The van der Waals surface area contributed by atoms with Crippen molar-refractivity contribution < 1.29 is 19.1 Å². The lowest BCUT2D eigenvalue weighted by molar-refractivity contribution is -0.160. The SMILES string of the molecule is C=CCOC(C)C(=O)OCC(=O)N(CCC#N)CCC#N. The minimum absolute atomic E-state index is 0.157. The molecule has 0 saturated heterocycles. The molecule has 0 N–H and O–H groups in total. The Labute approximate surface area is 124 Å². The summed E-state index contributed by atoms with van der Waals surface area (Å²) in [7, 11) is 0. The highest BCUT2D eigenvalue weighted by Gasteiger charge is 2.19. The van der Waals surface area contributed by atoms with Gasteiger partial charge in [0, 0.05) is 13.1 Å². The fourth-order valence-corrected chi connectivity index (χ4v) is 1.35. The number of hydrogen-bond donors (Lipinski definition) is 0. The molecule has 114 valence electrons. The lowest BCUT2D eigenvalue weighted by Gasteiger charge is -2.20. The van der Waals surface area contributed by atoms with Crippen molar-refractivity contribution in [1.82, 2.24) is 4.90 Å².